The number of hydrogen-bond donors (Lipinski definition) is 1. The molecular weight excluding hydrogens is 238 g/mol. The molecule has 1 aromatic rings. The Bertz CT molecular complexity index is 392. The van der Waals surface area contributed by atoms with E-state index >= 15 is 0 Å². The minimum atomic E-state index is -0.423. The lowest BCUT2D eigenvalue weighted by Gasteiger charge is -2.35. The number of aliphatic hydroxyl groups excluding tert-OH is 1. The first-order chi connectivity index (χ1) is 9.22. The van der Waals surface area contributed by atoms with Gasteiger partial charge in [0.15, 0.2) is 0 Å². The van der Waals surface area contributed by atoms with Crippen LogP contribution in [0.15, 0.2) is 24.3 Å². The fraction of sp³-hybridized carbons (Fsp3) is 0.625. The summed E-state index contributed by atoms with van der Waals surface area (Å²) in [6, 6.07) is 8.14. The maximum atomic E-state index is 9.88. The molecule has 1 aliphatic heterocycles. The van der Waals surface area contributed by atoms with Gasteiger partial charge in [-0.25, -0.2) is 0 Å². The first-order valence-electron chi connectivity index (χ1n) is 7.36. The van der Waals surface area contributed by atoms with E-state index in [1.54, 1.807) is 0 Å². The number of hydrogen-bond acceptors (Lipinski definition) is 3. The van der Waals surface area contributed by atoms with E-state index in [2.05, 4.69) is 17.9 Å². The van der Waals surface area contributed by atoms with Crippen LogP contribution in [0.5, 0.6) is 0 Å². The van der Waals surface area contributed by atoms with E-state index in [0.717, 1.165) is 50.2 Å². The second-order valence-electron chi connectivity index (χ2n) is 5.32. The highest BCUT2D eigenvalue weighted by atomic mass is 16.5. The molecule has 0 amide bonds. The number of nitrogens with zero attached hydrogens (tertiary/aromatic N) is 1. The van der Waals surface area contributed by atoms with Gasteiger partial charge in [-0.1, -0.05) is 25.1 Å². The maximum Gasteiger partial charge on any atom is 0.0781 e. The Morgan fingerprint density at radius 2 is 2.21 bits per heavy atom. The molecule has 2 atom stereocenters. The summed E-state index contributed by atoms with van der Waals surface area (Å²) in [6.07, 6.45) is 3.28. The van der Waals surface area contributed by atoms with Crippen molar-refractivity contribution in [2.45, 2.75) is 45.3 Å². The Morgan fingerprint density at radius 3 is 2.95 bits per heavy atom. The van der Waals surface area contributed by atoms with E-state index < -0.39 is 6.10 Å². The van der Waals surface area contributed by atoms with Crippen molar-refractivity contribution in [3.8, 4) is 0 Å². The van der Waals surface area contributed by atoms with Crippen LogP contribution < -0.4 is 4.90 Å². The van der Waals surface area contributed by atoms with E-state index in [0.29, 0.717) is 6.10 Å². The van der Waals surface area contributed by atoms with Gasteiger partial charge in [0.2, 0.25) is 0 Å². The van der Waals surface area contributed by atoms with Gasteiger partial charge in [-0.2, -0.15) is 0 Å². The highest BCUT2D eigenvalue weighted by Gasteiger charge is 2.22. The van der Waals surface area contributed by atoms with Crippen molar-refractivity contribution in [3.63, 3.8) is 0 Å². The minimum absolute atomic E-state index is 0.329. The van der Waals surface area contributed by atoms with Gasteiger partial charge in [0.1, 0.15) is 0 Å². The van der Waals surface area contributed by atoms with E-state index in [4.69, 9.17) is 4.74 Å². The third kappa shape index (κ3) is 3.71. The number of rotatable bonds is 5. The number of anilines is 1. The number of para-hydroxylation sites is 1. The normalized spacial score (nSPS) is 21.4. The Hall–Kier alpha value is -1.06. The molecule has 19 heavy (non-hydrogen) atoms. The fourth-order valence-electron chi connectivity index (χ4n) is 2.71. The Labute approximate surface area is 116 Å². The summed E-state index contributed by atoms with van der Waals surface area (Å²) >= 11 is 0. The summed E-state index contributed by atoms with van der Waals surface area (Å²) in [6.45, 7) is 6.80. The largest absolute Gasteiger partial charge is 0.389 e. The zero-order valence-electron chi connectivity index (χ0n) is 12.0. The molecule has 3 heteroatoms. The molecule has 1 heterocycles. The van der Waals surface area contributed by atoms with E-state index in [1.165, 1.54) is 0 Å². The minimum Gasteiger partial charge on any atom is -0.389 e. The molecule has 1 saturated heterocycles. The average molecular weight is 263 g/mol. The van der Waals surface area contributed by atoms with Crippen LogP contribution in [0.25, 0.3) is 0 Å². The van der Waals surface area contributed by atoms with Crippen LogP contribution in [0.1, 0.15) is 44.8 Å². The second-order valence-corrected chi connectivity index (χ2v) is 5.32. The van der Waals surface area contributed by atoms with Gasteiger partial charge in [0.05, 0.1) is 12.2 Å². The topological polar surface area (TPSA) is 32.7 Å². The summed E-state index contributed by atoms with van der Waals surface area (Å²) in [4.78, 5) is 2.35. The van der Waals surface area contributed by atoms with Gasteiger partial charge in [0, 0.05) is 30.9 Å². The molecule has 0 spiro atoms. The van der Waals surface area contributed by atoms with Crippen LogP contribution in [-0.4, -0.2) is 30.9 Å². The number of piperidine rings is 1. The maximum absolute atomic E-state index is 9.88. The van der Waals surface area contributed by atoms with Crippen molar-refractivity contribution in [2.75, 3.05) is 24.6 Å². The molecule has 0 saturated carbocycles. The fourth-order valence-corrected chi connectivity index (χ4v) is 2.71. The Morgan fingerprint density at radius 1 is 1.42 bits per heavy atom. The average Bonchev–Trinajstić information content (AvgIpc) is 2.45. The summed E-state index contributed by atoms with van der Waals surface area (Å²) in [5, 5.41) is 9.88. The molecule has 1 N–H and O–H groups in total. The standard InChI is InChI=1S/C16H25NO2/c1-3-11-19-14-7-6-10-17(12-14)16-9-5-4-8-15(16)13(2)18/h4-5,8-9,13-14,18H,3,6-7,10-12H2,1-2H3/t13-,14?/m0/s1. The van der Waals surface area contributed by atoms with Crippen LogP contribution in [0.2, 0.25) is 0 Å². The van der Waals surface area contributed by atoms with Crippen molar-refractivity contribution in [3.05, 3.63) is 29.8 Å². The van der Waals surface area contributed by atoms with Crippen molar-refractivity contribution in [1.82, 2.24) is 0 Å². The molecule has 1 aromatic carbocycles. The molecule has 106 valence electrons. The highest BCUT2D eigenvalue weighted by Crippen LogP contribution is 2.29. The first kappa shape index (κ1) is 14.4. The monoisotopic (exact) mass is 263 g/mol. The highest BCUT2D eigenvalue weighted by molar-refractivity contribution is 5.55. The van der Waals surface area contributed by atoms with Gasteiger partial charge >= 0.3 is 0 Å². The molecule has 0 radical (unpaired) electrons. The summed E-state index contributed by atoms with van der Waals surface area (Å²) < 4.78 is 5.88. The molecule has 0 aliphatic carbocycles. The molecule has 1 fully saturated rings. The third-order valence-corrected chi connectivity index (χ3v) is 3.66. The van der Waals surface area contributed by atoms with Crippen LogP contribution in [0.4, 0.5) is 5.69 Å². The van der Waals surface area contributed by atoms with Crippen molar-refractivity contribution in [2.24, 2.45) is 0 Å². The van der Waals surface area contributed by atoms with Crippen molar-refractivity contribution >= 4 is 5.69 Å². The molecule has 0 bridgehead atoms. The van der Waals surface area contributed by atoms with Crippen LogP contribution in [-0.2, 0) is 4.74 Å². The lowest BCUT2D eigenvalue weighted by atomic mass is 10.0. The van der Waals surface area contributed by atoms with Gasteiger partial charge in [-0.15, -0.1) is 0 Å². The first-order valence-corrected chi connectivity index (χ1v) is 7.36. The summed E-state index contributed by atoms with van der Waals surface area (Å²) in [7, 11) is 0. The van der Waals surface area contributed by atoms with Crippen LogP contribution in [0, 0.1) is 0 Å². The lowest BCUT2D eigenvalue weighted by molar-refractivity contribution is 0.0439. The second kappa shape index (κ2) is 6.92. The third-order valence-electron chi connectivity index (χ3n) is 3.66. The molecule has 3 nitrogen and oxygen atoms in total. The number of ether oxygens (including phenoxy) is 1. The SMILES string of the molecule is CCCOC1CCCN(c2ccccc2[C@H](C)O)C1. The number of aliphatic hydroxyl groups is 1. The zero-order valence-corrected chi connectivity index (χ0v) is 12.0. The van der Waals surface area contributed by atoms with Gasteiger partial charge in [-0.3, -0.25) is 0 Å². The lowest BCUT2D eigenvalue weighted by Crippen LogP contribution is -2.40. The van der Waals surface area contributed by atoms with E-state index in [1.807, 2.05) is 25.1 Å². The molecule has 2 rings (SSSR count). The van der Waals surface area contributed by atoms with Crippen molar-refractivity contribution < 1.29 is 9.84 Å². The van der Waals surface area contributed by atoms with Crippen molar-refractivity contribution in [1.29, 1.82) is 0 Å². The predicted octanol–water partition coefficient (Wildman–Crippen LogP) is 3.14. The predicted molar refractivity (Wildman–Crippen MR) is 78.6 cm³/mol. The quantitative estimate of drug-likeness (QED) is 0.886. The molecule has 0 aromatic heterocycles. The zero-order chi connectivity index (χ0) is 13.7. The van der Waals surface area contributed by atoms with Gasteiger partial charge in [-0.05, 0) is 32.3 Å². The van der Waals surface area contributed by atoms with Crippen LogP contribution in [0.3, 0.4) is 0 Å². The van der Waals surface area contributed by atoms with E-state index in [9.17, 15) is 5.11 Å². The van der Waals surface area contributed by atoms with Crippen LogP contribution >= 0.6 is 0 Å². The molecule has 1 unspecified atom stereocenters. The Balaban J connectivity index is 2.08. The smallest absolute Gasteiger partial charge is 0.0781 e. The van der Waals surface area contributed by atoms with Gasteiger partial charge < -0.3 is 14.7 Å². The van der Waals surface area contributed by atoms with Gasteiger partial charge in [0.25, 0.3) is 0 Å². The Kier molecular flexibility index (Phi) is 5.23. The number of benzene rings is 1. The van der Waals surface area contributed by atoms with E-state index in [-0.39, 0.29) is 0 Å². The summed E-state index contributed by atoms with van der Waals surface area (Å²) in [5.41, 5.74) is 2.17. The summed E-state index contributed by atoms with van der Waals surface area (Å²) in [5.74, 6) is 0. The molecule has 1 aliphatic rings. The molecular formula is C16H25NO2.